The lowest BCUT2D eigenvalue weighted by molar-refractivity contribution is -0.139. The van der Waals surface area contributed by atoms with Gasteiger partial charge in [-0.2, -0.15) is 0 Å². The van der Waals surface area contributed by atoms with Crippen LogP contribution in [-0.2, 0) is 9.53 Å². The monoisotopic (exact) mass is 376 g/mol. The fourth-order valence-corrected chi connectivity index (χ4v) is 3.60. The van der Waals surface area contributed by atoms with Crippen LogP contribution < -0.4 is 10.1 Å². The van der Waals surface area contributed by atoms with E-state index < -0.39 is 5.60 Å². The van der Waals surface area contributed by atoms with Gasteiger partial charge in [-0.15, -0.1) is 0 Å². The fraction of sp³-hybridized carbons (Fsp3) is 0.682. The van der Waals surface area contributed by atoms with Gasteiger partial charge in [-0.3, -0.25) is 9.69 Å². The van der Waals surface area contributed by atoms with Crippen molar-refractivity contribution in [2.75, 3.05) is 38.2 Å². The van der Waals surface area contributed by atoms with E-state index in [2.05, 4.69) is 17.1 Å². The van der Waals surface area contributed by atoms with Crippen LogP contribution >= 0.6 is 0 Å². The van der Waals surface area contributed by atoms with Gasteiger partial charge in [0.25, 0.3) is 5.91 Å². The first-order valence-corrected chi connectivity index (χ1v) is 10.5. The highest BCUT2D eigenvalue weighted by molar-refractivity contribution is 5.97. The molecule has 1 fully saturated rings. The van der Waals surface area contributed by atoms with Crippen LogP contribution in [0.2, 0.25) is 0 Å². The Morgan fingerprint density at radius 1 is 1.11 bits per heavy atom. The summed E-state index contributed by atoms with van der Waals surface area (Å²) in [6.45, 7) is 10.4. The molecule has 5 nitrogen and oxygen atoms in total. The fourth-order valence-electron chi connectivity index (χ4n) is 3.60. The molecule has 2 rings (SSSR count). The molecule has 1 atom stereocenters. The molecule has 1 aromatic rings. The van der Waals surface area contributed by atoms with Crippen LogP contribution in [-0.4, -0.2) is 49.3 Å². The van der Waals surface area contributed by atoms with Crippen molar-refractivity contribution in [2.24, 2.45) is 0 Å². The second-order valence-electron chi connectivity index (χ2n) is 7.50. The Balaban J connectivity index is 1.80. The van der Waals surface area contributed by atoms with Crippen LogP contribution in [0.1, 0.15) is 59.3 Å². The van der Waals surface area contributed by atoms with Gasteiger partial charge in [-0.05, 0) is 70.5 Å². The molecule has 1 unspecified atom stereocenters. The topological polar surface area (TPSA) is 50.8 Å². The lowest BCUT2D eigenvalue weighted by atomic mass is 9.99. The van der Waals surface area contributed by atoms with E-state index in [4.69, 9.17) is 9.47 Å². The normalized spacial score (nSPS) is 17.7. The summed E-state index contributed by atoms with van der Waals surface area (Å²) in [5.74, 6) is 0.741. The van der Waals surface area contributed by atoms with Crippen LogP contribution in [0.3, 0.4) is 0 Å². The molecule has 0 bridgehead atoms. The van der Waals surface area contributed by atoms with E-state index in [-0.39, 0.29) is 5.91 Å². The predicted octanol–water partition coefficient (Wildman–Crippen LogP) is 4.48. The van der Waals surface area contributed by atoms with Gasteiger partial charge < -0.3 is 14.8 Å². The summed E-state index contributed by atoms with van der Waals surface area (Å²) in [6.07, 6.45) is 6.90. The Labute approximate surface area is 164 Å². The highest BCUT2D eigenvalue weighted by atomic mass is 16.5. The van der Waals surface area contributed by atoms with E-state index in [1.54, 1.807) is 0 Å². The summed E-state index contributed by atoms with van der Waals surface area (Å²) in [4.78, 5) is 15.1. The van der Waals surface area contributed by atoms with Gasteiger partial charge in [-0.25, -0.2) is 0 Å². The number of likely N-dealkylation sites (tertiary alicyclic amines) is 1. The summed E-state index contributed by atoms with van der Waals surface area (Å²) >= 11 is 0. The van der Waals surface area contributed by atoms with Gasteiger partial charge in [0.1, 0.15) is 18.0 Å². The van der Waals surface area contributed by atoms with Gasteiger partial charge >= 0.3 is 0 Å². The lowest BCUT2D eigenvalue weighted by Gasteiger charge is -2.27. The maximum Gasteiger partial charge on any atom is 0.256 e. The van der Waals surface area contributed by atoms with Crippen LogP contribution in [0.4, 0.5) is 5.69 Å². The molecule has 0 spiro atoms. The van der Waals surface area contributed by atoms with Gasteiger partial charge in [0.05, 0.1) is 0 Å². The van der Waals surface area contributed by atoms with Crippen LogP contribution in [0.5, 0.6) is 5.75 Å². The predicted molar refractivity (Wildman–Crippen MR) is 110 cm³/mol. The van der Waals surface area contributed by atoms with Gasteiger partial charge in [0.15, 0.2) is 0 Å². The van der Waals surface area contributed by atoms with Crippen LogP contribution in [0.25, 0.3) is 0 Å². The van der Waals surface area contributed by atoms with E-state index in [1.807, 2.05) is 38.1 Å². The number of nitrogens with one attached hydrogen (secondary N) is 1. The van der Waals surface area contributed by atoms with E-state index in [0.717, 1.165) is 24.4 Å². The molecule has 152 valence electrons. The number of benzene rings is 1. The average Bonchev–Trinajstić information content (AvgIpc) is 2.92. The zero-order valence-corrected chi connectivity index (χ0v) is 17.3. The summed E-state index contributed by atoms with van der Waals surface area (Å²) in [5, 5.41) is 2.97. The number of ether oxygens (including phenoxy) is 2. The van der Waals surface area contributed by atoms with Crippen molar-refractivity contribution in [3.05, 3.63) is 24.3 Å². The quantitative estimate of drug-likeness (QED) is 0.654. The summed E-state index contributed by atoms with van der Waals surface area (Å²) < 4.78 is 11.6. The third-order valence-corrected chi connectivity index (χ3v) is 5.16. The molecule has 27 heavy (non-hydrogen) atoms. The highest BCUT2D eigenvalue weighted by Crippen LogP contribution is 2.22. The minimum Gasteiger partial charge on any atom is -0.492 e. The van der Waals surface area contributed by atoms with Crippen molar-refractivity contribution in [1.82, 2.24) is 4.90 Å². The number of hydrogen-bond acceptors (Lipinski definition) is 4. The van der Waals surface area contributed by atoms with E-state index in [9.17, 15) is 4.79 Å². The first-order valence-electron chi connectivity index (χ1n) is 10.5. The molecule has 0 saturated carbocycles. The first kappa shape index (κ1) is 21.7. The molecule has 1 amide bonds. The first-order chi connectivity index (χ1) is 13.1. The number of hydrogen-bond donors (Lipinski definition) is 1. The lowest BCUT2D eigenvalue weighted by Crippen LogP contribution is -2.42. The summed E-state index contributed by atoms with van der Waals surface area (Å²) in [5.41, 5.74) is -0.0202. The second kappa shape index (κ2) is 11.3. The molecule has 1 saturated heterocycles. The Morgan fingerprint density at radius 3 is 2.37 bits per heavy atom. The summed E-state index contributed by atoms with van der Waals surface area (Å²) in [7, 11) is 0. The van der Waals surface area contributed by atoms with E-state index in [0.29, 0.717) is 19.6 Å². The molecule has 1 N–H and O–H groups in total. The van der Waals surface area contributed by atoms with Crippen molar-refractivity contribution >= 4 is 11.6 Å². The number of carbonyl (C=O) groups is 1. The molecule has 0 aliphatic carbocycles. The third-order valence-electron chi connectivity index (χ3n) is 5.16. The Kier molecular flexibility index (Phi) is 9.08. The van der Waals surface area contributed by atoms with Crippen LogP contribution in [0, 0.1) is 0 Å². The zero-order valence-electron chi connectivity index (χ0n) is 17.3. The number of anilines is 1. The zero-order chi connectivity index (χ0) is 19.5. The number of nitrogens with zero attached hydrogens (tertiary/aromatic N) is 1. The van der Waals surface area contributed by atoms with Gasteiger partial charge in [0.2, 0.25) is 0 Å². The second-order valence-corrected chi connectivity index (χ2v) is 7.50. The molecule has 1 aliphatic heterocycles. The van der Waals surface area contributed by atoms with Crippen molar-refractivity contribution in [3.8, 4) is 5.75 Å². The van der Waals surface area contributed by atoms with Crippen molar-refractivity contribution in [1.29, 1.82) is 0 Å². The number of amides is 1. The SMILES string of the molecule is CCCC(C)(OCC)C(=O)Nc1ccc(OCCN2CCCCCC2)cc1. The molecule has 1 aliphatic rings. The van der Waals surface area contributed by atoms with Crippen molar-refractivity contribution in [2.45, 2.75) is 64.9 Å². The Bertz CT molecular complexity index is 545. The van der Waals surface area contributed by atoms with Gasteiger partial charge in [0, 0.05) is 18.8 Å². The molecule has 1 heterocycles. The van der Waals surface area contributed by atoms with Crippen molar-refractivity contribution in [3.63, 3.8) is 0 Å². The van der Waals surface area contributed by atoms with E-state index >= 15 is 0 Å². The largest absolute Gasteiger partial charge is 0.492 e. The van der Waals surface area contributed by atoms with Crippen molar-refractivity contribution < 1.29 is 14.3 Å². The molecule has 5 heteroatoms. The van der Waals surface area contributed by atoms with Crippen LogP contribution in [0.15, 0.2) is 24.3 Å². The molecule has 1 aromatic carbocycles. The summed E-state index contributed by atoms with van der Waals surface area (Å²) in [6, 6.07) is 7.60. The molecule has 0 aromatic heterocycles. The molecular formula is C22H36N2O3. The van der Waals surface area contributed by atoms with Gasteiger partial charge in [-0.1, -0.05) is 26.2 Å². The third kappa shape index (κ3) is 7.15. The minimum absolute atomic E-state index is 0.0963. The highest BCUT2D eigenvalue weighted by Gasteiger charge is 2.32. The Hall–Kier alpha value is -1.59. The standard InChI is InChI=1S/C22H36N2O3/c1-4-14-22(3,27-5-2)21(25)23-19-10-12-20(13-11-19)26-18-17-24-15-8-6-7-9-16-24/h10-13H,4-9,14-18H2,1-3H3,(H,23,25). The average molecular weight is 377 g/mol. The number of rotatable bonds is 10. The minimum atomic E-state index is -0.786. The Morgan fingerprint density at radius 2 is 1.78 bits per heavy atom. The maximum absolute atomic E-state index is 12.6. The molecular weight excluding hydrogens is 340 g/mol. The van der Waals surface area contributed by atoms with E-state index in [1.165, 1.54) is 38.8 Å². The molecule has 0 radical (unpaired) electrons. The number of carbonyl (C=O) groups excluding carboxylic acids is 1. The maximum atomic E-state index is 12.6. The smallest absolute Gasteiger partial charge is 0.256 e.